The van der Waals surface area contributed by atoms with Crippen LogP contribution in [0.5, 0.6) is 0 Å². The van der Waals surface area contributed by atoms with Crippen molar-refractivity contribution in [3.63, 3.8) is 0 Å². The third kappa shape index (κ3) is 4.22. The third-order valence-electron chi connectivity index (χ3n) is 3.96. The van der Waals surface area contributed by atoms with Gasteiger partial charge in [-0.15, -0.1) is 0 Å². The molecule has 1 heterocycles. The number of amides is 1. The van der Waals surface area contributed by atoms with Gasteiger partial charge >= 0.3 is 0 Å². The van der Waals surface area contributed by atoms with Gasteiger partial charge in [0, 0.05) is 25.5 Å². The van der Waals surface area contributed by atoms with Gasteiger partial charge in [-0.3, -0.25) is 4.79 Å². The number of carbonyl (C=O) groups excluding carboxylic acids is 1. The molecule has 0 atom stereocenters. The maximum Gasteiger partial charge on any atom is 0.259 e. The van der Waals surface area contributed by atoms with E-state index in [4.69, 9.17) is 0 Å². The Morgan fingerprint density at radius 3 is 2.18 bits per heavy atom. The predicted octanol–water partition coefficient (Wildman–Crippen LogP) is 4.56. The van der Waals surface area contributed by atoms with E-state index in [0.717, 1.165) is 17.4 Å². The van der Waals surface area contributed by atoms with Crippen LogP contribution >= 0.6 is 0 Å². The van der Waals surface area contributed by atoms with Crippen molar-refractivity contribution in [2.45, 2.75) is 0 Å². The van der Waals surface area contributed by atoms with Crippen molar-refractivity contribution in [2.24, 2.45) is 0 Å². The Kier molecular flexibility index (Phi) is 5.49. The first kappa shape index (κ1) is 19.2. The highest BCUT2D eigenvalue weighted by Crippen LogP contribution is 2.21. The van der Waals surface area contributed by atoms with E-state index < -0.39 is 28.9 Å². The molecule has 0 spiro atoms. The monoisotopic (exact) mass is 386 g/mol. The number of anilines is 4. The minimum absolute atomic E-state index is 0.141. The minimum atomic E-state index is -1.69. The lowest BCUT2D eigenvalue weighted by Crippen LogP contribution is -2.16. The lowest BCUT2D eigenvalue weighted by molar-refractivity contribution is 0.102. The van der Waals surface area contributed by atoms with Crippen molar-refractivity contribution in [2.75, 3.05) is 29.6 Å². The molecule has 2 N–H and O–H groups in total. The van der Waals surface area contributed by atoms with E-state index in [9.17, 15) is 18.0 Å². The molecule has 0 saturated heterocycles. The summed E-state index contributed by atoms with van der Waals surface area (Å²) in [6.07, 6.45) is 1.48. The molecule has 3 rings (SSSR count). The van der Waals surface area contributed by atoms with Gasteiger partial charge in [-0.05, 0) is 48.5 Å². The van der Waals surface area contributed by atoms with Crippen molar-refractivity contribution in [3.05, 3.63) is 77.7 Å². The second-order valence-corrected chi connectivity index (χ2v) is 6.18. The van der Waals surface area contributed by atoms with E-state index in [1.807, 2.05) is 43.3 Å². The van der Waals surface area contributed by atoms with Gasteiger partial charge in [0.2, 0.25) is 0 Å². The molecule has 28 heavy (non-hydrogen) atoms. The molecule has 0 aliphatic rings. The first-order valence-corrected chi connectivity index (χ1v) is 8.30. The Morgan fingerprint density at radius 1 is 0.893 bits per heavy atom. The highest BCUT2D eigenvalue weighted by molar-refractivity contribution is 6.04. The number of rotatable bonds is 5. The maximum absolute atomic E-state index is 13.7. The van der Waals surface area contributed by atoms with Crippen LogP contribution in [0.1, 0.15) is 10.4 Å². The summed E-state index contributed by atoms with van der Waals surface area (Å²) >= 11 is 0. The zero-order chi connectivity index (χ0) is 20.3. The highest BCUT2D eigenvalue weighted by Gasteiger charge is 2.19. The summed E-state index contributed by atoms with van der Waals surface area (Å²) in [5.41, 5.74) is 1.98. The number of benzene rings is 2. The fourth-order valence-corrected chi connectivity index (χ4v) is 2.44. The van der Waals surface area contributed by atoms with Crippen molar-refractivity contribution >= 4 is 28.8 Å². The van der Waals surface area contributed by atoms with E-state index in [1.165, 1.54) is 12.3 Å². The Balaban J connectivity index is 1.67. The van der Waals surface area contributed by atoms with Gasteiger partial charge < -0.3 is 15.5 Å². The molecular formula is C20H17F3N4O. The molecule has 0 aliphatic carbocycles. The summed E-state index contributed by atoms with van der Waals surface area (Å²) in [4.78, 5) is 18.1. The van der Waals surface area contributed by atoms with Gasteiger partial charge in [0.25, 0.3) is 5.91 Å². The topological polar surface area (TPSA) is 57.3 Å². The average Bonchev–Trinajstić information content (AvgIpc) is 2.68. The quantitative estimate of drug-likeness (QED) is 0.631. The average molecular weight is 386 g/mol. The fourth-order valence-electron chi connectivity index (χ4n) is 2.44. The van der Waals surface area contributed by atoms with Crippen molar-refractivity contribution in [3.8, 4) is 0 Å². The predicted molar refractivity (Wildman–Crippen MR) is 103 cm³/mol. The summed E-state index contributed by atoms with van der Waals surface area (Å²) in [6.45, 7) is 0. The lowest BCUT2D eigenvalue weighted by atomic mass is 10.2. The molecular weight excluding hydrogens is 369 g/mol. The summed E-state index contributed by atoms with van der Waals surface area (Å²) in [6, 6.07) is 12.5. The smallest absolute Gasteiger partial charge is 0.259 e. The number of carbonyl (C=O) groups is 1. The Hall–Kier alpha value is -3.55. The maximum atomic E-state index is 13.7. The van der Waals surface area contributed by atoms with Crippen LogP contribution in [0.2, 0.25) is 0 Å². The van der Waals surface area contributed by atoms with Crippen molar-refractivity contribution in [1.82, 2.24) is 4.98 Å². The number of nitrogens with one attached hydrogen (secondary N) is 2. The number of halogens is 3. The normalized spacial score (nSPS) is 10.5. The first-order valence-electron chi connectivity index (χ1n) is 8.30. The lowest BCUT2D eigenvalue weighted by Gasteiger charge is -2.13. The molecule has 144 valence electrons. The molecule has 1 amide bonds. The van der Waals surface area contributed by atoms with E-state index >= 15 is 0 Å². The largest absolute Gasteiger partial charge is 0.378 e. The fraction of sp³-hybridized carbons (Fsp3) is 0.100. The third-order valence-corrected chi connectivity index (χ3v) is 3.96. The summed E-state index contributed by atoms with van der Waals surface area (Å²) in [7, 11) is 3.90. The molecule has 0 radical (unpaired) electrons. The van der Waals surface area contributed by atoms with Crippen molar-refractivity contribution in [1.29, 1.82) is 0 Å². The number of pyridine rings is 1. The number of hydrogen-bond donors (Lipinski definition) is 2. The summed E-state index contributed by atoms with van der Waals surface area (Å²) in [5.74, 6) is -5.38. The SMILES string of the molecule is CN(C)c1ccc(Nc2ccc(NC(=O)c3ccc(F)c(F)c3F)nc2)cc1. The van der Waals surface area contributed by atoms with Gasteiger partial charge in [-0.2, -0.15) is 0 Å². The zero-order valence-corrected chi connectivity index (χ0v) is 15.1. The number of aromatic nitrogens is 1. The molecule has 2 aromatic carbocycles. The molecule has 3 aromatic rings. The molecule has 0 unspecified atom stereocenters. The number of hydrogen-bond acceptors (Lipinski definition) is 4. The van der Waals surface area contributed by atoms with Crippen LogP contribution < -0.4 is 15.5 Å². The van der Waals surface area contributed by atoms with Crippen LogP contribution in [-0.4, -0.2) is 25.0 Å². The van der Waals surface area contributed by atoms with Crippen LogP contribution in [0.3, 0.4) is 0 Å². The van der Waals surface area contributed by atoms with E-state index in [1.54, 1.807) is 6.07 Å². The molecule has 0 bridgehead atoms. The Labute approximate surface area is 159 Å². The van der Waals surface area contributed by atoms with Crippen LogP contribution in [0.25, 0.3) is 0 Å². The van der Waals surface area contributed by atoms with Crippen LogP contribution in [-0.2, 0) is 0 Å². The van der Waals surface area contributed by atoms with Gasteiger partial charge in [-0.1, -0.05) is 0 Å². The van der Waals surface area contributed by atoms with E-state index in [2.05, 4.69) is 15.6 Å². The summed E-state index contributed by atoms with van der Waals surface area (Å²) in [5, 5.41) is 5.50. The first-order chi connectivity index (χ1) is 13.3. The molecule has 1 aromatic heterocycles. The molecule has 0 saturated carbocycles. The van der Waals surface area contributed by atoms with E-state index in [0.29, 0.717) is 11.8 Å². The molecule has 8 heteroatoms. The second-order valence-electron chi connectivity index (χ2n) is 6.18. The zero-order valence-electron chi connectivity index (χ0n) is 15.1. The van der Waals surface area contributed by atoms with Gasteiger partial charge in [-0.25, -0.2) is 18.2 Å². The molecule has 0 aliphatic heterocycles. The van der Waals surface area contributed by atoms with Crippen LogP contribution in [0.4, 0.5) is 36.1 Å². The highest BCUT2D eigenvalue weighted by atomic mass is 19.2. The second kappa shape index (κ2) is 7.99. The minimum Gasteiger partial charge on any atom is -0.378 e. The molecule has 5 nitrogen and oxygen atoms in total. The standard InChI is InChI=1S/C20H17F3N4O/c1-27(2)14-6-3-12(4-7-14)25-13-5-10-17(24-11-13)26-20(28)15-8-9-16(21)19(23)18(15)22/h3-11,25H,1-2H3,(H,24,26,28). The van der Waals surface area contributed by atoms with Crippen LogP contribution in [0.15, 0.2) is 54.7 Å². The van der Waals surface area contributed by atoms with Gasteiger partial charge in [0.1, 0.15) is 5.82 Å². The Bertz CT molecular complexity index is 990. The van der Waals surface area contributed by atoms with Crippen molar-refractivity contribution < 1.29 is 18.0 Å². The number of nitrogens with zero attached hydrogens (tertiary/aromatic N) is 2. The van der Waals surface area contributed by atoms with Gasteiger partial charge in [0.15, 0.2) is 17.5 Å². The molecule has 0 fully saturated rings. The Morgan fingerprint density at radius 2 is 1.57 bits per heavy atom. The van der Waals surface area contributed by atoms with Crippen LogP contribution in [0, 0.1) is 17.5 Å². The van der Waals surface area contributed by atoms with E-state index in [-0.39, 0.29) is 5.82 Å². The van der Waals surface area contributed by atoms with Gasteiger partial charge in [0.05, 0.1) is 17.4 Å². The summed E-state index contributed by atoms with van der Waals surface area (Å²) < 4.78 is 39.9.